The second-order valence-electron chi connectivity index (χ2n) is 6.94. The standard InChI is InChI=1S/C20H25ClN4O4S/c1-29-20(26)18(9-7-16-5-3-2-4-6-16)23-30(27,28)25-13-11-24(12-14-25)19-10-8-17(21)15-22-19/h2-6,8,10,15,18,23H,7,9,11-14H2,1H3/t18-/m0/s1. The molecular weight excluding hydrogens is 428 g/mol. The number of aryl methyl sites for hydroxylation is 1. The highest BCUT2D eigenvalue weighted by atomic mass is 35.5. The van der Waals surface area contributed by atoms with Crippen LogP contribution in [0.3, 0.4) is 0 Å². The summed E-state index contributed by atoms with van der Waals surface area (Å²) >= 11 is 5.87. The van der Waals surface area contributed by atoms with Crippen molar-refractivity contribution in [3.05, 3.63) is 59.2 Å². The van der Waals surface area contributed by atoms with Gasteiger partial charge in [0.2, 0.25) is 0 Å². The summed E-state index contributed by atoms with van der Waals surface area (Å²) in [4.78, 5) is 18.4. The summed E-state index contributed by atoms with van der Waals surface area (Å²) < 4.78 is 34.4. The van der Waals surface area contributed by atoms with Crippen molar-refractivity contribution < 1.29 is 17.9 Å². The Labute approximate surface area is 182 Å². The number of carbonyl (C=O) groups is 1. The first kappa shape index (κ1) is 22.5. The van der Waals surface area contributed by atoms with Gasteiger partial charge in [-0.3, -0.25) is 4.79 Å². The Morgan fingerprint density at radius 1 is 1.17 bits per heavy atom. The Morgan fingerprint density at radius 2 is 1.87 bits per heavy atom. The normalized spacial score (nSPS) is 16.3. The molecule has 1 atom stereocenters. The number of nitrogens with zero attached hydrogens (tertiary/aromatic N) is 3. The Morgan fingerprint density at radius 3 is 2.47 bits per heavy atom. The van der Waals surface area contributed by atoms with Gasteiger partial charge < -0.3 is 9.64 Å². The molecule has 1 N–H and O–H groups in total. The molecule has 1 aliphatic rings. The molecule has 0 aliphatic carbocycles. The molecular formula is C20H25ClN4O4S. The Bertz CT molecular complexity index is 933. The van der Waals surface area contributed by atoms with E-state index in [4.69, 9.17) is 16.3 Å². The van der Waals surface area contributed by atoms with E-state index in [9.17, 15) is 13.2 Å². The Hall–Kier alpha value is -2.20. The molecule has 2 aromatic rings. The summed E-state index contributed by atoms with van der Waals surface area (Å²) in [6.07, 6.45) is 2.43. The predicted molar refractivity (Wildman–Crippen MR) is 116 cm³/mol. The van der Waals surface area contributed by atoms with E-state index >= 15 is 0 Å². The van der Waals surface area contributed by atoms with Crippen LogP contribution in [0.2, 0.25) is 5.02 Å². The molecule has 0 bridgehead atoms. The fraction of sp³-hybridized carbons (Fsp3) is 0.400. The SMILES string of the molecule is COC(=O)[C@H](CCc1ccccc1)NS(=O)(=O)N1CCN(c2ccc(Cl)cn2)CC1. The number of piperazine rings is 1. The van der Waals surface area contributed by atoms with Crippen molar-refractivity contribution in [3.63, 3.8) is 0 Å². The van der Waals surface area contributed by atoms with Crippen molar-refractivity contribution in [2.45, 2.75) is 18.9 Å². The smallest absolute Gasteiger partial charge is 0.323 e. The molecule has 0 radical (unpaired) electrons. The zero-order chi connectivity index (χ0) is 21.6. The first-order valence-corrected chi connectivity index (χ1v) is 11.5. The second kappa shape index (κ2) is 10.2. The molecule has 30 heavy (non-hydrogen) atoms. The van der Waals surface area contributed by atoms with Crippen molar-refractivity contribution in [2.75, 3.05) is 38.2 Å². The highest BCUT2D eigenvalue weighted by Gasteiger charge is 2.32. The van der Waals surface area contributed by atoms with Gasteiger partial charge in [0.15, 0.2) is 0 Å². The maximum atomic E-state index is 12.9. The fourth-order valence-electron chi connectivity index (χ4n) is 3.29. The number of hydrogen-bond donors (Lipinski definition) is 1. The van der Waals surface area contributed by atoms with Crippen LogP contribution in [0.25, 0.3) is 0 Å². The minimum Gasteiger partial charge on any atom is -0.468 e. The number of pyridine rings is 1. The minimum atomic E-state index is -3.84. The van der Waals surface area contributed by atoms with Crippen LogP contribution in [0.15, 0.2) is 48.7 Å². The predicted octanol–water partition coefficient (Wildman–Crippen LogP) is 1.87. The van der Waals surface area contributed by atoms with Crippen LogP contribution in [-0.4, -0.2) is 63.0 Å². The van der Waals surface area contributed by atoms with Gasteiger partial charge in [-0.25, -0.2) is 4.98 Å². The molecule has 1 aromatic carbocycles. The summed E-state index contributed by atoms with van der Waals surface area (Å²) in [5.41, 5.74) is 1.02. The number of carbonyl (C=O) groups excluding carboxylic acids is 1. The molecule has 1 fully saturated rings. The van der Waals surface area contributed by atoms with Crippen LogP contribution >= 0.6 is 11.6 Å². The van der Waals surface area contributed by atoms with Gasteiger partial charge in [-0.15, -0.1) is 0 Å². The number of hydrogen-bond acceptors (Lipinski definition) is 6. The average molecular weight is 453 g/mol. The third-order valence-corrected chi connectivity index (χ3v) is 6.81. The van der Waals surface area contributed by atoms with Gasteiger partial charge >= 0.3 is 5.97 Å². The lowest BCUT2D eigenvalue weighted by Crippen LogP contribution is -2.55. The highest BCUT2D eigenvalue weighted by Crippen LogP contribution is 2.17. The summed E-state index contributed by atoms with van der Waals surface area (Å²) in [6.45, 7) is 1.54. The Balaban J connectivity index is 1.60. The number of halogens is 1. The number of rotatable bonds is 8. The molecule has 0 saturated carbocycles. The molecule has 0 spiro atoms. The van der Waals surface area contributed by atoms with E-state index < -0.39 is 22.2 Å². The van der Waals surface area contributed by atoms with Gasteiger partial charge in [-0.1, -0.05) is 41.9 Å². The van der Waals surface area contributed by atoms with Crippen molar-refractivity contribution in [3.8, 4) is 0 Å². The molecule has 2 heterocycles. The molecule has 1 aliphatic heterocycles. The van der Waals surface area contributed by atoms with Crippen LogP contribution < -0.4 is 9.62 Å². The monoisotopic (exact) mass is 452 g/mol. The van der Waals surface area contributed by atoms with Gasteiger partial charge in [0.05, 0.1) is 12.1 Å². The topological polar surface area (TPSA) is 91.8 Å². The first-order chi connectivity index (χ1) is 14.4. The quantitative estimate of drug-likeness (QED) is 0.615. The third kappa shape index (κ3) is 5.91. The van der Waals surface area contributed by atoms with Crippen LogP contribution in [0.5, 0.6) is 0 Å². The molecule has 10 heteroatoms. The average Bonchev–Trinajstić information content (AvgIpc) is 2.77. The van der Waals surface area contributed by atoms with E-state index in [-0.39, 0.29) is 13.1 Å². The number of nitrogens with one attached hydrogen (secondary N) is 1. The van der Waals surface area contributed by atoms with E-state index in [1.165, 1.54) is 11.4 Å². The maximum Gasteiger partial charge on any atom is 0.323 e. The van der Waals surface area contributed by atoms with Crippen molar-refractivity contribution >= 4 is 33.6 Å². The van der Waals surface area contributed by atoms with Crippen LogP contribution in [0.4, 0.5) is 5.82 Å². The lowest BCUT2D eigenvalue weighted by Gasteiger charge is -2.35. The van der Waals surface area contributed by atoms with E-state index in [0.717, 1.165) is 11.4 Å². The van der Waals surface area contributed by atoms with Crippen LogP contribution in [-0.2, 0) is 26.2 Å². The van der Waals surface area contributed by atoms with Crippen LogP contribution in [0.1, 0.15) is 12.0 Å². The summed E-state index contributed by atoms with van der Waals surface area (Å²) in [7, 11) is -2.59. The van der Waals surface area contributed by atoms with Gasteiger partial charge in [0, 0.05) is 32.4 Å². The highest BCUT2D eigenvalue weighted by molar-refractivity contribution is 7.87. The second-order valence-corrected chi connectivity index (χ2v) is 9.08. The number of benzene rings is 1. The van der Waals surface area contributed by atoms with Gasteiger partial charge in [0.25, 0.3) is 10.2 Å². The first-order valence-electron chi connectivity index (χ1n) is 9.65. The van der Waals surface area contributed by atoms with Gasteiger partial charge in [0.1, 0.15) is 11.9 Å². The number of aromatic nitrogens is 1. The zero-order valence-electron chi connectivity index (χ0n) is 16.7. The van der Waals surface area contributed by atoms with Crippen molar-refractivity contribution in [1.82, 2.24) is 14.0 Å². The number of methoxy groups -OCH3 is 1. The molecule has 162 valence electrons. The summed E-state index contributed by atoms with van der Waals surface area (Å²) in [5, 5.41) is 0.550. The number of esters is 1. The fourth-order valence-corrected chi connectivity index (χ4v) is 4.77. The van der Waals surface area contributed by atoms with Crippen molar-refractivity contribution in [1.29, 1.82) is 0 Å². The van der Waals surface area contributed by atoms with E-state index in [1.54, 1.807) is 12.3 Å². The molecule has 0 unspecified atom stereocenters. The zero-order valence-corrected chi connectivity index (χ0v) is 18.3. The molecule has 8 nitrogen and oxygen atoms in total. The Kier molecular flexibility index (Phi) is 7.65. The van der Waals surface area contributed by atoms with E-state index in [1.807, 2.05) is 41.3 Å². The molecule has 1 saturated heterocycles. The van der Waals surface area contributed by atoms with Crippen LogP contribution in [0, 0.1) is 0 Å². The molecule has 0 amide bonds. The van der Waals surface area contributed by atoms with Crippen molar-refractivity contribution in [2.24, 2.45) is 0 Å². The molecule has 1 aromatic heterocycles. The van der Waals surface area contributed by atoms with Gasteiger partial charge in [-0.2, -0.15) is 17.4 Å². The third-order valence-electron chi connectivity index (χ3n) is 4.96. The largest absolute Gasteiger partial charge is 0.468 e. The summed E-state index contributed by atoms with van der Waals surface area (Å²) in [5.74, 6) is 0.151. The lowest BCUT2D eigenvalue weighted by molar-refractivity contribution is -0.142. The maximum absolute atomic E-state index is 12.9. The van der Waals surface area contributed by atoms with E-state index in [2.05, 4.69) is 9.71 Å². The number of anilines is 1. The number of ether oxygens (including phenoxy) is 1. The lowest BCUT2D eigenvalue weighted by atomic mass is 10.1. The van der Waals surface area contributed by atoms with E-state index in [0.29, 0.717) is 31.0 Å². The minimum absolute atomic E-state index is 0.284. The van der Waals surface area contributed by atoms with Gasteiger partial charge in [-0.05, 0) is 30.5 Å². The molecule has 3 rings (SSSR count). The summed E-state index contributed by atoms with van der Waals surface area (Å²) in [6, 6.07) is 12.2.